The second-order valence-corrected chi connectivity index (χ2v) is 6.38. The lowest BCUT2D eigenvalue weighted by atomic mass is 10.1. The van der Waals surface area contributed by atoms with Crippen molar-refractivity contribution < 1.29 is 0 Å². The van der Waals surface area contributed by atoms with Gasteiger partial charge in [0, 0.05) is 38.1 Å². The third-order valence-corrected chi connectivity index (χ3v) is 4.28. The van der Waals surface area contributed by atoms with E-state index in [2.05, 4.69) is 62.1 Å². The number of benzene rings is 1. The van der Waals surface area contributed by atoms with E-state index in [0.717, 1.165) is 12.1 Å². The molecule has 0 saturated heterocycles. The third-order valence-electron chi connectivity index (χ3n) is 4.28. The highest BCUT2D eigenvalue weighted by Crippen LogP contribution is 2.21. The summed E-state index contributed by atoms with van der Waals surface area (Å²) >= 11 is 0. The van der Waals surface area contributed by atoms with Crippen LogP contribution in [-0.2, 0) is 7.05 Å². The molecule has 0 bridgehead atoms. The summed E-state index contributed by atoms with van der Waals surface area (Å²) in [6.07, 6.45) is 12.4. The van der Waals surface area contributed by atoms with Crippen LogP contribution in [0.3, 0.4) is 0 Å². The molecule has 0 atom stereocenters. The molecular formula is C21H35N3. The molecule has 1 heterocycles. The topological polar surface area (TPSA) is 21.1 Å². The number of hydrogen-bond donors (Lipinski definition) is 0. The number of aryl methyl sites for hydroxylation is 1. The lowest BCUT2D eigenvalue weighted by Gasteiger charge is -2.16. The van der Waals surface area contributed by atoms with Crippen LogP contribution in [0.15, 0.2) is 36.7 Å². The molecule has 0 N–H and O–H groups in total. The molecule has 0 amide bonds. The van der Waals surface area contributed by atoms with Gasteiger partial charge in [-0.2, -0.15) is 5.10 Å². The maximum atomic E-state index is 4.17. The number of anilines is 1. The summed E-state index contributed by atoms with van der Waals surface area (Å²) in [6, 6.07) is 8.56. The van der Waals surface area contributed by atoms with Gasteiger partial charge in [0.2, 0.25) is 0 Å². The van der Waals surface area contributed by atoms with Gasteiger partial charge in [-0.3, -0.25) is 4.68 Å². The number of nitrogens with zero attached hydrogens (tertiary/aromatic N) is 3. The van der Waals surface area contributed by atoms with Gasteiger partial charge in [0.05, 0.1) is 6.20 Å². The van der Waals surface area contributed by atoms with E-state index < -0.39 is 0 Å². The summed E-state index contributed by atoms with van der Waals surface area (Å²) in [5.74, 6) is 0. The molecular weight excluding hydrogens is 294 g/mol. The Kier molecular flexibility index (Phi) is 9.90. The summed E-state index contributed by atoms with van der Waals surface area (Å²) in [5, 5.41) is 4.17. The lowest BCUT2D eigenvalue weighted by molar-refractivity contribution is 0.624. The zero-order chi connectivity index (χ0) is 17.8. The molecule has 0 spiro atoms. The van der Waals surface area contributed by atoms with E-state index in [-0.39, 0.29) is 0 Å². The molecule has 0 aliphatic heterocycles. The van der Waals surface area contributed by atoms with Gasteiger partial charge in [0.25, 0.3) is 0 Å². The fourth-order valence-electron chi connectivity index (χ4n) is 2.51. The van der Waals surface area contributed by atoms with Crippen molar-refractivity contribution in [1.29, 1.82) is 0 Å². The van der Waals surface area contributed by atoms with E-state index in [1.807, 2.05) is 24.1 Å². The Hall–Kier alpha value is -1.77. The predicted octanol–water partition coefficient (Wildman–Crippen LogP) is 5.91. The third kappa shape index (κ3) is 7.20. The number of aromatic nitrogens is 2. The van der Waals surface area contributed by atoms with Crippen LogP contribution in [0.2, 0.25) is 0 Å². The Morgan fingerprint density at radius 2 is 1.46 bits per heavy atom. The maximum absolute atomic E-state index is 4.17. The van der Waals surface area contributed by atoms with E-state index in [1.54, 1.807) is 0 Å². The summed E-state index contributed by atoms with van der Waals surface area (Å²) in [5.41, 5.74) is 3.62. The van der Waals surface area contributed by atoms with E-state index in [1.165, 1.54) is 49.8 Å². The van der Waals surface area contributed by atoms with Crippen molar-refractivity contribution >= 4 is 5.69 Å². The molecule has 0 unspecified atom stereocenters. The van der Waals surface area contributed by atoms with Crippen LogP contribution in [0.4, 0.5) is 5.69 Å². The molecule has 2 aromatic rings. The Labute approximate surface area is 148 Å². The predicted molar refractivity (Wildman–Crippen MR) is 107 cm³/mol. The van der Waals surface area contributed by atoms with Crippen LogP contribution in [0.1, 0.15) is 59.3 Å². The van der Waals surface area contributed by atoms with Gasteiger partial charge >= 0.3 is 0 Å². The minimum absolute atomic E-state index is 1.02. The second-order valence-electron chi connectivity index (χ2n) is 6.38. The summed E-state index contributed by atoms with van der Waals surface area (Å²) in [6.45, 7) is 7.68. The number of rotatable bonds is 8. The van der Waals surface area contributed by atoms with E-state index in [4.69, 9.17) is 0 Å². The molecule has 2 rings (SSSR count). The van der Waals surface area contributed by atoms with Crippen molar-refractivity contribution in [2.24, 2.45) is 7.05 Å². The molecule has 1 aromatic carbocycles. The van der Waals surface area contributed by atoms with Gasteiger partial charge in [0.1, 0.15) is 0 Å². The average molecular weight is 330 g/mol. The van der Waals surface area contributed by atoms with Crippen LogP contribution in [0, 0.1) is 0 Å². The molecule has 1 aromatic heterocycles. The highest BCUT2D eigenvalue weighted by Gasteiger charge is 2.01. The smallest absolute Gasteiger partial charge is 0.0568 e. The van der Waals surface area contributed by atoms with Gasteiger partial charge in [-0.15, -0.1) is 0 Å². The highest BCUT2D eigenvalue weighted by molar-refractivity contribution is 5.64. The summed E-state index contributed by atoms with van der Waals surface area (Å²) in [7, 11) is 4.03. The first-order chi connectivity index (χ1) is 11.6. The summed E-state index contributed by atoms with van der Waals surface area (Å²) in [4.78, 5) is 2.22. The Bertz CT molecular complexity index is 536. The second kappa shape index (κ2) is 11.7. The quantitative estimate of drug-likeness (QED) is 0.561. The average Bonchev–Trinajstić information content (AvgIpc) is 3.05. The van der Waals surface area contributed by atoms with Crippen molar-refractivity contribution in [2.45, 2.75) is 59.3 Å². The van der Waals surface area contributed by atoms with Gasteiger partial charge in [-0.25, -0.2) is 0 Å². The van der Waals surface area contributed by atoms with Crippen LogP contribution >= 0.6 is 0 Å². The molecule has 0 aliphatic rings. The SMILES string of the molecule is CCCCCCCC.CCN(C)c1ccc(-c2cnn(C)c2)cc1. The molecule has 0 radical (unpaired) electrons. The van der Waals surface area contributed by atoms with E-state index in [0.29, 0.717) is 0 Å². The van der Waals surface area contributed by atoms with Crippen LogP contribution in [0.5, 0.6) is 0 Å². The van der Waals surface area contributed by atoms with Crippen molar-refractivity contribution in [3.8, 4) is 11.1 Å². The Morgan fingerprint density at radius 3 is 1.88 bits per heavy atom. The largest absolute Gasteiger partial charge is 0.375 e. The van der Waals surface area contributed by atoms with Crippen molar-refractivity contribution in [3.05, 3.63) is 36.7 Å². The zero-order valence-corrected chi connectivity index (χ0v) is 16.3. The Morgan fingerprint density at radius 1 is 0.875 bits per heavy atom. The first-order valence-electron chi connectivity index (χ1n) is 9.42. The van der Waals surface area contributed by atoms with Crippen LogP contribution in [0.25, 0.3) is 11.1 Å². The Balaban J connectivity index is 0.000000307. The number of hydrogen-bond acceptors (Lipinski definition) is 2. The molecule has 0 aliphatic carbocycles. The maximum Gasteiger partial charge on any atom is 0.0568 e. The van der Waals surface area contributed by atoms with E-state index in [9.17, 15) is 0 Å². The zero-order valence-electron chi connectivity index (χ0n) is 16.3. The van der Waals surface area contributed by atoms with Crippen molar-refractivity contribution in [1.82, 2.24) is 9.78 Å². The molecule has 134 valence electrons. The molecule has 3 nitrogen and oxygen atoms in total. The molecule has 0 saturated carbocycles. The first kappa shape index (κ1) is 20.3. The minimum atomic E-state index is 1.02. The minimum Gasteiger partial charge on any atom is -0.375 e. The normalized spacial score (nSPS) is 10.2. The van der Waals surface area contributed by atoms with E-state index >= 15 is 0 Å². The monoisotopic (exact) mass is 329 g/mol. The van der Waals surface area contributed by atoms with Crippen molar-refractivity contribution in [2.75, 3.05) is 18.5 Å². The van der Waals surface area contributed by atoms with Gasteiger partial charge in [-0.1, -0.05) is 64.5 Å². The lowest BCUT2D eigenvalue weighted by Crippen LogP contribution is -2.15. The summed E-state index contributed by atoms with van der Waals surface area (Å²) < 4.78 is 1.82. The fourth-order valence-corrected chi connectivity index (χ4v) is 2.51. The van der Waals surface area contributed by atoms with Crippen LogP contribution < -0.4 is 4.90 Å². The molecule has 24 heavy (non-hydrogen) atoms. The first-order valence-corrected chi connectivity index (χ1v) is 9.42. The molecule has 3 heteroatoms. The standard InChI is InChI=1S/C13H17N3.C8H18/c1-4-15(2)13-7-5-11(6-8-13)12-9-14-16(3)10-12;1-3-5-7-8-6-4-2/h5-10H,4H2,1-3H3;3-8H2,1-2H3. The number of unbranched alkanes of at least 4 members (excludes halogenated alkanes) is 5. The van der Waals surface area contributed by atoms with Crippen LogP contribution in [-0.4, -0.2) is 23.4 Å². The highest BCUT2D eigenvalue weighted by atomic mass is 15.2. The van der Waals surface area contributed by atoms with Gasteiger partial charge < -0.3 is 4.90 Å². The molecule has 0 fully saturated rings. The fraction of sp³-hybridized carbons (Fsp3) is 0.571. The van der Waals surface area contributed by atoms with Gasteiger partial charge in [0.15, 0.2) is 0 Å². The van der Waals surface area contributed by atoms with Gasteiger partial charge in [-0.05, 0) is 24.6 Å². The van der Waals surface area contributed by atoms with Crippen molar-refractivity contribution in [3.63, 3.8) is 0 Å².